The molecule has 19 heavy (non-hydrogen) atoms. The Bertz CT molecular complexity index is 536. The van der Waals surface area contributed by atoms with Crippen LogP contribution in [0.25, 0.3) is 0 Å². The van der Waals surface area contributed by atoms with Crippen LogP contribution in [0, 0.1) is 3.57 Å². The molecular formula is C12H13ClIN3O2. The van der Waals surface area contributed by atoms with Gasteiger partial charge in [-0.05, 0) is 53.6 Å². The molecule has 0 aromatic heterocycles. The van der Waals surface area contributed by atoms with Gasteiger partial charge < -0.3 is 15.8 Å². The zero-order valence-electron chi connectivity index (χ0n) is 10.0. The van der Waals surface area contributed by atoms with Gasteiger partial charge >= 0.3 is 0 Å². The summed E-state index contributed by atoms with van der Waals surface area (Å²) in [5.41, 5.74) is 6.13. The molecule has 1 amide bonds. The molecule has 0 aliphatic carbocycles. The van der Waals surface area contributed by atoms with Gasteiger partial charge in [-0.1, -0.05) is 16.8 Å². The molecule has 2 rings (SSSR count). The SMILES string of the molecule is N/C(=N/O)C1CCCN1C(=O)c1ccc(I)c(Cl)c1. The van der Waals surface area contributed by atoms with Crippen LogP contribution in [0.2, 0.25) is 5.02 Å². The standard InChI is InChI=1S/C12H13ClIN3O2/c13-8-6-7(3-4-9(8)14)12(18)17-5-1-2-10(17)11(15)16-19/h3-4,6,10,19H,1-2,5H2,(H2,15,16). The van der Waals surface area contributed by atoms with Crippen LogP contribution in [0.1, 0.15) is 23.2 Å². The van der Waals surface area contributed by atoms with Crippen LogP contribution in [-0.4, -0.2) is 34.4 Å². The Morgan fingerprint density at radius 3 is 2.95 bits per heavy atom. The maximum absolute atomic E-state index is 12.4. The first-order chi connectivity index (χ1) is 9.04. The highest BCUT2D eigenvalue weighted by molar-refractivity contribution is 14.1. The predicted molar refractivity (Wildman–Crippen MR) is 81.6 cm³/mol. The van der Waals surface area contributed by atoms with Crippen LogP contribution in [0.15, 0.2) is 23.4 Å². The molecule has 1 aromatic carbocycles. The topological polar surface area (TPSA) is 78.9 Å². The number of benzene rings is 1. The first-order valence-electron chi connectivity index (χ1n) is 5.78. The van der Waals surface area contributed by atoms with Crippen LogP contribution < -0.4 is 5.73 Å². The summed E-state index contributed by atoms with van der Waals surface area (Å²) in [6.45, 7) is 0.601. The van der Waals surface area contributed by atoms with Crippen molar-refractivity contribution in [3.63, 3.8) is 0 Å². The molecular weight excluding hydrogens is 381 g/mol. The highest BCUT2D eigenvalue weighted by Gasteiger charge is 2.32. The lowest BCUT2D eigenvalue weighted by atomic mass is 10.1. The quantitative estimate of drug-likeness (QED) is 0.266. The number of amides is 1. The summed E-state index contributed by atoms with van der Waals surface area (Å²) in [6, 6.07) is 4.84. The van der Waals surface area contributed by atoms with Crippen LogP contribution in [0.3, 0.4) is 0 Å². The second-order valence-corrected chi connectivity index (χ2v) is 5.88. The van der Waals surface area contributed by atoms with E-state index in [1.165, 1.54) is 0 Å². The van der Waals surface area contributed by atoms with Crippen molar-refractivity contribution in [2.45, 2.75) is 18.9 Å². The zero-order chi connectivity index (χ0) is 14.0. The van der Waals surface area contributed by atoms with Crippen molar-refractivity contribution in [3.05, 3.63) is 32.4 Å². The Kier molecular flexibility index (Phi) is 4.51. The highest BCUT2D eigenvalue weighted by atomic mass is 127. The number of nitrogens with two attached hydrogens (primary N) is 1. The molecule has 1 fully saturated rings. The second-order valence-electron chi connectivity index (χ2n) is 4.31. The predicted octanol–water partition coefficient (Wildman–Crippen LogP) is 2.30. The summed E-state index contributed by atoms with van der Waals surface area (Å²) in [7, 11) is 0. The Balaban J connectivity index is 2.25. The van der Waals surface area contributed by atoms with Gasteiger partial charge in [0.15, 0.2) is 5.84 Å². The molecule has 5 nitrogen and oxygen atoms in total. The Morgan fingerprint density at radius 1 is 1.58 bits per heavy atom. The molecule has 1 saturated heterocycles. The number of hydrogen-bond acceptors (Lipinski definition) is 3. The number of likely N-dealkylation sites (tertiary alicyclic amines) is 1. The second kappa shape index (κ2) is 5.96. The minimum Gasteiger partial charge on any atom is -0.409 e. The van der Waals surface area contributed by atoms with Crippen LogP contribution in [0.4, 0.5) is 0 Å². The largest absolute Gasteiger partial charge is 0.409 e. The van der Waals surface area contributed by atoms with Crippen molar-refractivity contribution in [1.82, 2.24) is 4.90 Å². The molecule has 3 N–H and O–H groups in total. The van der Waals surface area contributed by atoms with Gasteiger partial charge in [-0.15, -0.1) is 0 Å². The lowest BCUT2D eigenvalue weighted by Crippen LogP contribution is -2.43. The maximum Gasteiger partial charge on any atom is 0.254 e. The molecule has 102 valence electrons. The summed E-state index contributed by atoms with van der Waals surface area (Å²) >= 11 is 8.13. The summed E-state index contributed by atoms with van der Waals surface area (Å²) in [6.07, 6.45) is 1.55. The Labute approximate surface area is 129 Å². The minimum atomic E-state index is -0.337. The number of rotatable bonds is 2. The molecule has 1 unspecified atom stereocenters. The van der Waals surface area contributed by atoms with Gasteiger partial charge in [0.2, 0.25) is 0 Å². The van der Waals surface area contributed by atoms with E-state index in [4.69, 9.17) is 22.5 Å². The molecule has 1 aromatic rings. The number of nitrogens with zero attached hydrogens (tertiary/aromatic N) is 2. The molecule has 7 heteroatoms. The van der Waals surface area contributed by atoms with Crippen LogP contribution in [-0.2, 0) is 0 Å². The number of carbonyl (C=O) groups is 1. The zero-order valence-corrected chi connectivity index (χ0v) is 12.9. The highest BCUT2D eigenvalue weighted by Crippen LogP contribution is 2.24. The Morgan fingerprint density at radius 2 is 2.32 bits per heavy atom. The van der Waals surface area contributed by atoms with Crippen LogP contribution >= 0.6 is 34.2 Å². The van der Waals surface area contributed by atoms with Crippen molar-refractivity contribution in [3.8, 4) is 0 Å². The third-order valence-electron chi connectivity index (χ3n) is 3.14. The van der Waals surface area contributed by atoms with Gasteiger partial charge in [-0.25, -0.2) is 0 Å². The number of oxime groups is 1. The monoisotopic (exact) mass is 393 g/mol. The van der Waals surface area contributed by atoms with E-state index in [1.807, 2.05) is 0 Å². The van der Waals surface area contributed by atoms with Gasteiger partial charge in [0, 0.05) is 15.7 Å². The number of amidine groups is 1. The van der Waals surface area contributed by atoms with E-state index in [1.54, 1.807) is 23.1 Å². The van der Waals surface area contributed by atoms with Crippen molar-refractivity contribution >= 4 is 45.9 Å². The number of halogens is 2. The average Bonchev–Trinajstić information content (AvgIpc) is 2.89. The first kappa shape index (κ1) is 14.4. The fourth-order valence-electron chi connectivity index (χ4n) is 2.18. The lowest BCUT2D eigenvalue weighted by Gasteiger charge is -2.23. The third kappa shape index (κ3) is 2.94. The third-order valence-corrected chi connectivity index (χ3v) is 4.71. The van der Waals surface area contributed by atoms with Crippen molar-refractivity contribution < 1.29 is 10.0 Å². The van der Waals surface area contributed by atoms with E-state index in [-0.39, 0.29) is 17.8 Å². The molecule has 1 heterocycles. The summed E-state index contributed by atoms with van der Waals surface area (Å²) < 4.78 is 0.894. The fraction of sp³-hybridized carbons (Fsp3) is 0.333. The maximum atomic E-state index is 12.4. The van der Waals surface area contributed by atoms with E-state index in [0.717, 1.165) is 9.99 Å². The number of carbonyl (C=O) groups excluding carboxylic acids is 1. The smallest absolute Gasteiger partial charge is 0.254 e. The van der Waals surface area contributed by atoms with Gasteiger partial charge in [0.25, 0.3) is 5.91 Å². The summed E-state index contributed by atoms with van der Waals surface area (Å²) in [5, 5.41) is 12.3. The molecule has 0 radical (unpaired) electrons. The van der Waals surface area contributed by atoms with Crippen molar-refractivity contribution in [2.75, 3.05) is 6.54 Å². The van der Waals surface area contributed by atoms with E-state index in [9.17, 15) is 4.79 Å². The molecule has 1 aliphatic heterocycles. The average molecular weight is 394 g/mol. The number of hydrogen-bond donors (Lipinski definition) is 2. The van der Waals surface area contributed by atoms with Gasteiger partial charge in [-0.3, -0.25) is 4.79 Å². The van der Waals surface area contributed by atoms with E-state index in [2.05, 4.69) is 27.7 Å². The normalized spacial score (nSPS) is 19.8. The Hall–Kier alpha value is -1.02. The summed E-state index contributed by atoms with van der Waals surface area (Å²) in [5.74, 6) is -0.0742. The molecule has 0 saturated carbocycles. The van der Waals surface area contributed by atoms with E-state index in [0.29, 0.717) is 23.6 Å². The molecule has 1 aliphatic rings. The molecule has 1 atom stereocenters. The van der Waals surface area contributed by atoms with Gasteiger partial charge in [0.05, 0.1) is 11.1 Å². The van der Waals surface area contributed by atoms with Crippen molar-refractivity contribution in [2.24, 2.45) is 10.9 Å². The minimum absolute atomic E-state index is 0.0717. The van der Waals surface area contributed by atoms with Crippen molar-refractivity contribution in [1.29, 1.82) is 0 Å². The van der Waals surface area contributed by atoms with Gasteiger partial charge in [-0.2, -0.15) is 0 Å². The fourth-order valence-corrected chi connectivity index (χ4v) is 2.69. The van der Waals surface area contributed by atoms with Crippen LogP contribution in [0.5, 0.6) is 0 Å². The van der Waals surface area contributed by atoms with E-state index >= 15 is 0 Å². The molecule has 0 spiro atoms. The van der Waals surface area contributed by atoms with E-state index < -0.39 is 0 Å². The lowest BCUT2D eigenvalue weighted by molar-refractivity contribution is 0.0768. The summed E-state index contributed by atoms with van der Waals surface area (Å²) in [4.78, 5) is 14.0. The van der Waals surface area contributed by atoms with Gasteiger partial charge in [0.1, 0.15) is 0 Å². The molecule has 0 bridgehead atoms. The first-order valence-corrected chi connectivity index (χ1v) is 7.23.